The number of carbonyl (C=O) groups excluding carboxylic acids is 1. The van der Waals surface area contributed by atoms with Crippen LogP contribution in [0.4, 0.5) is 5.82 Å². The van der Waals surface area contributed by atoms with Crippen molar-refractivity contribution in [1.82, 2.24) is 29.5 Å². The second-order valence-corrected chi connectivity index (χ2v) is 6.95. The minimum Gasteiger partial charge on any atom is -0.372 e. The number of anilines is 1. The lowest BCUT2D eigenvalue weighted by molar-refractivity contribution is -0.127. The number of nitrogens with zero attached hydrogens (tertiary/aromatic N) is 6. The molecule has 1 fully saturated rings. The molecule has 2 aromatic heterocycles. The summed E-state index contributed by atoms with van der Waals surface area (Å²) >= 11 is 0. The summed E-state index contributed by atoms with van der Waals surface area (Å²) in [6, 6.07) is 0.130. The molecule has 0 spiro atoms. The average molecular weight is 357 g/mol. The van der Waals surface area contributed by atoms with E-state index in [1.807, 2.05) is 48.6 Å². The predicted molar refractivity (Wildman–Crippen MR) is 102 cm³/mol. The van der Waals surface area contributed by atoms with Crippen molar-refractivity contribution in [3.63, 3.8) is 0 Å². The van der Waals surface area contributed by atoms with Gasteiger partial charge in [0, 0.05) is 32.8 Å². The first-order valence-electron chi connectivity index (χ1n) is 8.99. The van der Waals surface area contributed by atoms with E-state index in [1.165, 1.54) is 0 Å². The molecule has 8 nitrogen and oxygen atoms in total. The first-order chi connectivity index (χ1) is 12.5. The van der Waals surface area contributed by atoms with Crippen molar-refractivity contribution in [2.45, 2.75) is 25.8 Å². The van der Waals surface area contributed by atoms with E-state index < -0.39 is 0 Å². The minimum atomic E-state index is 0.0651. The number of aromatic nitrogens is 4. The summed E-state index contributed by atoms with van der Waals surface area (Å²) in [5.41, 5.74) is 1.73. The zero-order valence-corrected chi connectivity index (χ0v) is 15.9. The summed E-state index contributed by atoms with van der Waals surface area (Å²) in [6.45, 7) is 4.17. The fourth-order valence-electron chi connectivity index (χ4n) is 3.41. The number of likely N-dealkylation sites (tertiary alicyclic amines) is 1. The zero-order valence-electron chi connectivity index (χ0n) is 15.9. The molecule has 0 aromatic carbocycles. The maximum Gasteiger partial charge on any atom is 0.246 e. The lowest BCUT2D eigenvalue weighted by Crippen LogP contribution is -2.40. The Morgan fingerprint density at radius 2 is 2.23 bits per heavy atom. The monoisotopic (exact) mass is 357 g/mol. The van der Waals surface area contributed by atoms with Gasteiger partial charge in [0.2, 0.25) is 5.91 Å². The largest absolute Gasteiger partial charge is 0.372 e. The molecule has 0 aliphatic carbocycles. The number of carbonyl (C=O) groups is 1. The number of piperidine rings is 1. The van der Waals surface area contributed by atoms with Crippen molar-refractivity contribution in [1.29, 1.82) is 0 Å². The number of amides is 1. The molecule has 1 amide bonds. The molecule has 3 rings (SSSR count). The molecule has 0 saturated carbocycles. The van der Waals surface area contributed by atoms with Gasteiger partial charge in [0.25, 0.3) is 0 Å². The van der Waals surface area contributed by atoms with Crippen LogP contribution in [0, 0.1) is 6.92 Å². The number of nitrogens with one attached hydrogen (secondary N) is 1. The highest BCUT2D eigenvalue weighted by molar-refractivity contribution is 5.89. The first kappa shape index (κ1) is 18.3. The van der Waals surface area contributed by atoms with Gasteiger partial charge in [0.05, 0.1) is 17.1 Å². The molecular weight excluding hydrogens is 330 g/mol. The molecule has 1 aliphatic heterocycles. The van der Waals surface area contributed by atoms with Crippen LogP contribution in [-0.4, -0.2) is 76.2 Å². The van der Waals surface area contributed by atoms with E-state index >= 15 is 0 Å². The number of hydrogen-bond acceptors (Lipinski definition) is 6. The van der Waals surface area contributed by atoms with Crippen molar-refractivity contribution in [2.75, 3.05) is 46.1 Å². The Balaban J connectivity index is 1.81. The van der Waals surface area contributed by atoms with Crippen molar-refractivity contribution < 1.29 is 4.79 Å². The van der Waals surface area contributed by atoms with Gasteiger partial charge in [-0.05, 0) is 33.9 Å². The second-order valence-electron chi connectivity index (χ2n) is 6.95. The van der Waals surface area contributed by atoms with E-state index in [0.29, 0.717) is 6.54 Å². The van der Waals surface area contributed by atoms with E-state index in [4.69, 9.17) is 5.10 Å². The smallest absolute Gasteiger partial charge is 0.246 e. The molecule has 1 aliphatic rings. The number of hydrogen-bond donors (Lipinski definition) is 1. The summed E-state index contributed by atoms with van der Waals surface area (Å²) in [7, 11) is 5.82. The molecule has 8 heteroatoms. The Bertz CT molecular complexity index is 811. The van der Waals surface area contributed by atoms with Gasteiger partial charge >= 0.3 is 0 Å². The fourth-order valence-corrected chi connectivity index (χ4v) is 3.41. The van der Waals surface area contributed by atoms with E-state index in [0.717, 1.165) is 48.5 Å². The third kappa shape index (κ3) is 3.70. The van der Waals surface area contributed by atoms with Crippen LogP contribution < -0.4 is 5.32 Å². The second kappa shape index (κ2) is 7.82. The molecule has 0 radical (unpaired) electrons. The summed E-state index contributed by atoms with van der Waals surface area (Å²) in [6.07, 6.45) is 7.09. The number of rotatable bonds is 5. The molecule has 1 atom stereocenters. The Morgan fingerprint density at radius 1 is 1.42 bits per heavy atom. The summed E-state index contributed by atoms with van der Waals surface area (Å²) in [5.74, 6) is 0.851. The molecule has 3 heterocycles. The first-order valence-corrected chi connectivity index (χ1v) is 8.99. The van der Waals surface area contributed by atoms with Crippen molar-refractivity contribution in [3.05, 3.63) is 24.2 Å². The third-order valence-electron chi connectivity index (χ3n) is 4.69. The van der Waals surface area contributed by atoms with E-state index in [-0.39, 0.29) is 11.9 Å². The van der Waals surface area contributed by atoms with Crippen LogP contribution in [0.25, 0.3) is 11.0 Å². The highest BCUT2D eigenvalue weighted by atomic mass is 16.2. The summed E-state index contributed by atoms with van der Waals surface area (Å²) in [4.78, 5) is 25.1. The van der Waals surface area contributed by atoms with Crippen molar-refractivity contribution in [2.24, 2.45) is 0 Å². The lowest BCUT2D eigenvalue weighted by atomic mass is 10.1. The van der Waals surface area contributed by atoms with Crippen molar-refractivity contribution >= 4 is 22.8 Å². The predicted octanol–water partition coefficient (Wildman–Crippen LogP) is 1.46. The van der Waals surface area contributed by atoms with Crippen LogP contribution in [0.5, 0.6) is 0 Å². The third-order valence-corrected chi connectivity index (χ3v) is 4.69. The number of aryl methyl sites for hydroxylation is 1. The average Bonchev–Trinajstić information content (AvgIpc) is 2.98. The maximum atomic E-state index is 12.5. The number of likely N-dealkylation sites (N-methyl/N-ethyl adjacent to an activating group) is 1. The Hall–Kier alpha value is -2.48. The van der Waals surface area contributed by atoms with E-state index in [9.17, 15) is 4.79 Å². The minimum absolute atomic E-state index is 0.0651. The van der Waals surface area contributed by atoms with Crippen LogP contribution in [-0.2, 0) is 4.79 Å². The Morgan fingerprint density at radius 3 is 2.96 bits per heavy atom. The van der Waals surface area contributed by atoms with Gasteiger partial charge in [-0.15, -0.1) is 0 Å². The molecule has 0 bridgehead atoms. The van der Waals surface area contributed by atoms with Crippen LogP contribution in [0.15, 0.2) is 18.5 Å². The summed E-state index contributed by atoms with van der Waals surface area (Å²) in [5, 5.41) is 8.77. The molecule has 140 valence electrons. The summed E-state index contributed by atoms with van der Waals surface area (Å²) < 4.78 is 1.97. The topological polar surface area (TPSA) is 79.2 Å². The van der Waals surface area contributed by atoms with Crippen LogP contribution in [0.2, 0.25) is 0 Å². The maximum absolute atomic E-state index is 12.5. The van der Waals surface area contributed by atoms with Crippen LogP contribution in [0.3, 0.4) is 0 Å². The van der Waals surface area contributed by atoms with Gasteiger partial charge in [-0.3, -0.25) is 4.79 Å². The SMILES string of the molecule is CNc1ncnc2c1c(C)nn2[C@@H]1CCCN(C(=O)/C=C/CN(C)C)C1. The van der Waals surface area contributed by atoms with Gasteiger partial charge < -0.3 is 15.1 Å². The normalized spacial score (nSPS) is 18.2. The Kier molecular flexibility index (Phi) is 5.51. The van der Waals surface area contributed by atoms with Gasteiger partial charge in [0.1, 0.15) is 12.1 Å². The van der Waals surface area contributed by atoms with Gasteiger partial charge in [-0.25, -0.2) is 14.6 Å². The molecule has 0 unspecified atom stereocenters. The van der Waals surface area contributed by atoms with Gasteiger partial charge in [0.15, 0.2) is 5.65 Å². The molecule has 2 aromatic rings. The van der Waals surface area contributed by atoms with E-state index in [1.54, 1.807) is 12.4 Å². The Labute approximate surface area is 153 Å². The van der Waals surface area contributed by atoms with Crippen LogP contribution in [0.1, 0.15) is 24.6 Å². The highest BCUT2D eigenvalue weighted by Crippen LogP contribution is 2.28. The van der Waals surface area contributed by atoms with Crippen LogP contribution >= 0.6 is 0 Å². The lowest BCUT2D eigenvalue weighted by Gasteiger charge is -2.32. The molecule has 1 N–H and O–H groups in total. The number of fused-ring (bicyclic) bond motifs is 1. The molecule has 26 heavy (non-hydrogen) atoms. The van der Waals surface area contributed by atoms with Gasteiger partial charge in [-0.1, -0.05) is 6.08 Å². The quantitative estimate of drug-likeness (QED) is 0.816. The standard InChI is InChI=1S/C18H27N7O/c1-13-16-17(19-2)20-12-21-18(16)25(22-13)14-7-5-10-24(11-14)15(26)8-6-9-23(3)4/h6,8,12,14H,5,7,9-11H2,1-4H3,(H,19,20,21)/b8-6+/t14-/m1/s1. The van der Waals surface area contributed by atoms with Gasteiger partial charge in [-0.2, -0.15) is 5.10 Å². The molecular formula is C18H27N7O. The van der Waals surface area contributed by atoms with Crippen molar-refractivity contribution in [3.8, 4) is 0 Å². The molecule has 1 saturated heterocycles. The fraction of sp³-hybridized carbons (Fsp3) is 0.556. The zero-order chi connectivity index (χ0) is 18.7. The van der Waals surface area contributed by atoms with E-state index in [2.05, 4.69) is 15.3 Å². The highest BCUT2D eigenvalue weighted by Gasteiger charge is 2.27.